The third-order valence-corrected chi connectivity index (χ3v) is 7.41. The summed E-state index contributed by atoms with van der Waals surface area (Å²) in [6.07, 6.45) is 3.26. The molecule has 3 atom stereocenters. The second-order valence-corrected chi connectivity index (χ2v) is 9.70. The monoisotopic (exact) mass is 555 g/mol. The summed E-state index contributed by atoms with van der Waals surface area (Å²) in [5, 5.41) is 0. The lowest BCUT2D eigenvalue weighted by Crippen LogP contribution is -2.46. The van der Waals surface area contributed by atoms with E-state index in [1.807, 2.05) is 30.3 Å². The van der Waals surface area contributed by atoms with Gasteiger partial charge in [0.2, 0.25) is 0 Å². The summed E-state index contributed by atoms with van der Waals surface area (Å²) in [5.74, 6) is -5.41. The predicted molar refractivity (Wildman–Crippen MR) is 150 cm³/mol. The first kappa shape index (κ1) is 27.8. The van der Waals surface area contributed by atoms with Crippen molar-refractivity contribution in [3.63, 3.8) is 0 Å². The predicted octanol–water partition coefficient (Wildman–Crippen LogP) is 4.75. The molecule has 0 unspecified atom stereocenters. The van der Waals surface area contributed by atoms with Gasteiger partial charge >= 0.3 is 11.9 Å². The lowest BCUT2D eigenvalue weighted by Gasteiger charge is -2.44. The van der Waals surface area contributed by atoms with E-state index in [0.717, 1.165) is 5.56 Å². The zero-order chi connectivity index (χ0) is 29.1. The number of nitrogens with two attached hydrogens (primary N) is 1. The number of anilines is 1. The number of ketones is 1. The van der Waals surface area contributed by atoms with Crippen molar-refractivity contribution >= 4 is 23.4 Å². The molecule has 1 aliphatic carbocycles. The molecule has 3 aromatic rings. The SMILES string of the molecule is CCOC(=O)C1=C(N)N(c2ccccc2F)C2=C(C(=O)[C@@H](C(=O)OCC)[C@@H](c3ccccc3)C2)[C@@H]1c1cccnc1. The van der Waals surface area contributed by atoms with E-state index in [4.69, 9.17) is 15.2 Å². The Labute approximate surface area is 237 Å². The van der Waals surface area contributed by atoms with Crippen LogP contribution in [0.2, 0.25) is 0 Å². The number of para-hydroxylation sites is 1. The number of rotatable bonds is 7. The number of aromatic nitrogens is 1. The summed E-state index contributed by atoms with van der Waals surface area (Å²) in [5.41, 5.74) is 8.59. The quantitative estimate of drug-likeness (QED) is 0.329. The van der Waals surface area contributed by atoms with Crippen molar-refractivity contribution in [3.05, 3.63) is 119 Å². The molecule has 5 rings (SSSR count). The number of carbonyl (C=O) groups is 3. The van der Waals surface area contributed by atoms with Crippen LogP contribution in [0.25, 0.3) is 0 Å². The molecule has 2 heterocycles. The van der Waals surface area contributed by atoms with E-state index in [1.54, 1.807) is 38.2 Å². The van der Waals surface area contributed by atoms with Gasteiger partial charge in [0.05, 0.1) is 30.4 Å². The van der Waals surface area contributed by atoms with Crippen LogP contribution in [0.4, 0.5) is 10.1 Å². The Morgan fingerprint density at radius 1 is 0.976 bits per heavy atom. The van der Waals surface area contributed by atoms with Crippen molar-refractivity contribution in [3.8, 4) is 0 Å². The summed E-state index contributed by atoms with van der Waals surface area (Å²) in [7, 11) is 0. The zero-order valence-corrected chi connectivity index (χ0v) is 22.7. The number of hydrogen-bond donors (Lipinski definition) is 1. The molecule has 9 heteroatoms. The summed E-state index contributed by atoms with van der Waals surface area (Å²) in [6.45, 7) is 3.47. The third-order valence-electron chi connectivity index (χ3n) is 7.41. The molecule has 0 radical (unpaired) electrons. The maximum Gasteiger partial charge on any atom is 0.338 e. The smallest absolute Gasteiger partial charge is 0.338 e. The second kappa shape index (κ2) is 11.8. The van der Waals surface area contributed by atoms with E-state index in [1.165, 1.54) is 29.3 Å². The molecule has 0 bridgehead atoms. The molecular formula is C32H30FN3O5. The molecule has 2 aromatic carbocycles. The highest BCUT2D eigenvalue weighted by atomic mass is 19.1. The number of ether oxygens (including phenoxy) is 2. The van der Waals surface area contributed by atoms with Crippen molar-refractivity contribution in [1.82, 2.24) is 4.98 Å². The lowest BCUT2D eigenvalue weighted by molar-refractivity contribution is -0.152. The standard InChI is InChI=1S/C32H30FN3O5/c1-3-40-31(38)26-21(19-11-6-5-7-12-19)17-24-27(29(26)37)25(20-13-10-16-35-18-20)28(32(39)41-4-2)30(34)36(24)23-15-9-8-14-22(23)33/h5-16,18,21,25-26H,3-4,17,34H2,1-2H3/t21-,25+,26+/m1/s1. The highest BCUT2D eigenvalue weighted by Crippen LogP contribution is 2.51. The van der Waals surface area contributed by atoms with E-state index in [-0.39, 0.29) is 42.3 Å². The van der Waals surface area contributed by atoms with Crippen LogP contribution in [-0.2, 0) is 23.9 Å². The molecule has 1 aliphatic heterocycles. The summed E-state index contributed by atoms with van der Waals surface area (Å²) >= 11 is 0. The van der Waals surface area contributed by atoms with Crippen molar-refractivity contribution < 1.29 is 28.2 Å². The number of allylic oxidation sites excluding steroid dienone is 2. The molecule has 0 saturated heterocycles. The lowest BCUT2D eigenvalue weighted by atomic mass is 9.67. The van der Waals surface area contributed by atoms with E-state index in [0.29, 0.717) is 11.3 Å². The minimum absolute atomic E-state index is 0.0315. The first-order valence-corrected chi connectivity index (χ1v) is 13.5. The first-order valence-electron chi connectivity index (χ1n) is 13.5. The van der Waals surface area contributed by atoms with Gasteiger partial charge in [-0.25, -0.2) is 9.18 Å². The summed E-state index contributed by atoms with van der Waals surface area (Å²) in [6, 6.07) is 18.6. The second-order valence-electron chi connectivity index (χ2n) is 9.70. The van der Waals surface area contributed by atoms with Crippen LogP contribution in [0.15, 0.2) is 102 Å². The summed E-state index contributed by atoms with van der Waals surface area (Å²) < 4.78 is 26.2. The van der Waals surface area contributed by atoms with Crippen LogP contribution in [-0.4, -0.2) is 35.9 Å². The van der Waals surface area contributed by atoms with Crippen LogP contribution in [0.1, 0.15) is 43.2 Å². The molecule has 210 valence electrons. The van der Waals surface area contributed by atoms with Gasteiger partial charge in [-0.15, -0.1) is 0 Å². The molecule has 0 amide bonds. The molecule has 8 nitrogen and oxygen atoms in total. The van der Waals surface area contributed by atoms with Gasteiger partial charge in [0.25, 0.3) is 0 Å². The van der Waals surface area contributed by atoms with Crippen molar-refractivity contribution in [2.24, 2.45) is 11.7 Å². The Balaban J connectivity index is 1.82. The number of Topliss-reactive ketones (excluding diaryl/α,β-unsaturated/α-hetero) is 1. The number of halogens is 1. The van der Waals surface area contributed by atoms with Gasteiger partial charge in [0, 0.05) is 29.6 Å². The average Bonchev–Trinajstić information content (AvgIpc) is 2.98. The van der Waals surface area contributed by atoms with Gasteiger partial charge in [-0.05, 0) is 49.6 Å². The fraction of sp³-hybridized carbons (Fsp3) is 0.250. The molecule has 0 saturated carbocycles. The Kier molecular flexibility index (Phi) is 7.96. The van der Waals surface area contributed by atoms with Gasteiger partial charge in [-0.2, -0.15) is 0 Å². The molecule has 0 fully saturated rings. The first-order chi connectivity index (χ1) is 19.9. The topological polar surface area (TPSA) is 112 Å². The fourth-order valence-corrected chi connectivity index (χ4v) is 5.74. The molecule has 2 N–H and O–H groups in total. The van der Waals surface area contributed by atoms with Crippen LogP contribution in [0, 0.1) is 11.7 Å². The Morgan fingerprint density at radius 2 is 1.66 bits per heavy atom. The van der Waals surface area contributed by atoms with Crippen LogP contribution >= 0.6 is 0 Å². The maximum absolute atomic E-state index is 15.4. The average molecular weight is 556 g/mol. The van der Waals surface area contributed by atoms with Crippen LogP contribution in [0.3, 0.4) is 0 Å². The fourth-order valence-electron chi connectivity index (χ4n) is 5.74. The Bertz CT molecular complexity index is 1540. The van der Waals surface area contributed by atoms with Gasteiger partial charge in [-0.1, -0.05) is 48.5 Å². The molecule has 41 heavy (non-hydrogen) atoms. The van der Waals surface area contributed by atoms with Gasteiger partial charge in [-0.3, -0.25) is 19.5 Å². The van der Waals surface area contributed by atoms with Gasteiger partial charge < -0.3 is 15.2 Å². The number of nitrogens with zero attached hydrogens (tertiary/aromatic N) is 2. The minimum Gasteiger partial charge on any atom is -0.465 e. The summed E-state index contributed by atoms with van der Waals surface area (Å²) in [4.78, 5) is 47.2. The normalized spacial score (nSPS) is 20.5. The number of esters is 2. The van der Waals surface area contributed by atoms with E-state index in [9.17, 15) is 14.4 Å². The largest absolute Gasteiger partial charge is 0.465 e. The van der Waals surface area contributed by atoms with Crippen molar-refractivity contribution in [1.29, 1.82) is 0 Å². The highest BCUT2D eigenvalue weighted by molar-refractivity contribution is 6.14. The van der Waals surface area contributed by atoms with Crippen molar-refractivity contribution in [2.45, 2.75) is 32.1 Å². The van der Waals surface area contributed by atoms with Crippen LogP contribution in [0.5, 0.6) is 0 Å². The van der Waals surface area contributed by atoms with E-state index >= 15 is 4.39 Å². The Hall–Kier alpha value is -4.79. The highest BCUT2D eigenvalue weighted by Gasteiger charge is 2.51. The molecule has 0 spiro atoms. The molecule has 1 aromatic heterocycles. The van der Waals surface area contributed by atoms with Crippen molar-refractivity contribution in [2.75, 3.05) is 18.1 Å². The van der Waals surface area contributed by atoms with Gasteiger partial charge in [0.15, 0.2) is 5.78 Å². The number of carbonyl (C=O) groups excluding carboxylic acids is 3. The van der Waals surface area contributed by atoms with E-state index < -0.39 is 41.3 Å². The van der Waals surface area contributed by atoms with Crippen LogP contribution < -0.4 is 10.6 Å². The maximum atomic E-state index is 15.4. The van der Waals surface area contributed by atoms with Gasteiger partial charge in [0.1, 0.15) is 17.6 Å². The Morgan fingerprint density at radius 3 is 2.32 bits per heavy atom. The van der Waals surface area contributed by atoms with E-state index in [2.05, 4.69) is 4.98 Å². The number of pyridine rings is 1. The third kappa shape index (κ3) is 4.99. The molecular weight excluding hydrogens is 525 g/mol. The number of hydrogen-bond acceptors (Lipinski definition) is 8. The number of benzene rings is 2. The molecule has 2 aliphatic rings. The minimum atomic E-state index is -1.19. The zero-order valence-electron chi connectivity index (χ0n) is 22.7.